The fourth-order valence-corrected chi connectivity index (χ4v) is 1.63. The summed E-state index contributed by atoms with van der Waals surface area (Å²) in [5, 5.41) is 8.15. The minimum Gasteiger partial charge on any atom is -0.450 e. The number of benzene rings is 1. The summed E-state index contributed by atoms with van der Waals surface area (Å²) in [6.45, 7) is 1.95. The van der Waals surface area contributed by atoms with Crippen LogP contribution in [0.2, 0.25) is 0 Å². The third-order valence-electron chi connectivity index (χ3n) is 2.06. The van der Waals surface area contributed by atoms with Gasteiger partial charge in [0.15, 0.2) is 5.11 Å². The highest BCUT2D eigenvalue weighted by molar-refractivity contribution is 9.09. The van der Waals surface area contributed by atoms with Crippen LogP contribution in [0.4, 0.5) is 16.2 Å². The maximum absolute atomic E-state index is 11.4. The van der Waals surface area contributed by atoms with Crippen LogP contribution >= 0.6 is 28.1 Å². The molecule has 0 bridgehead atoms. The summed E-state index contributed by atoms with van der Waals surface area (Å²) < 4.78 is 4.71. The van der Waals surface area contributed by atoms with Gasteiger partial charge in [-0.15, -0.1) is 0 Å². The second kappa shape index (κ2) is 8.49. The molecular weight excluding hydrogens is 346 g/mol. The van der Waals surface area contributed by atoms with Crippen LogP contribution < -0.4 is 16.0 Å². The van der Waals surface area contributed by atoms with Gasteiger partial charge in [-0.2, -0.15) is 0 Å². The van der Waals surface area contributed by atoms with Crippen molar-refractivity contribution in [2.45, 2.75) is 6.92 Å². The average molecular weight is 360 g/mol. The Labute approximate surface area is 130 Å². The SMILES string of the molecule is CCOC(=O)NC(=S)Nc1ccccc1NC(=O)CBr. The molecule has 0 radical (unpaired) electrons. The van der Waals surface area contributed by atoms with E-state index in [9.17, 15) is 9.59 Å². The van der Waals surface area contributed by atoms with Gasteiger partial charge in [0.2, 0.25) is 5.91 Å². The van der Waals surface area contributed by atoms with E-state index in [2.05, 4.69) is 31.9 Å². The number of carbonyl (C=O) groups excluding carboxylic acids is 2. The average Bonchev–Trinajstić information content (AvgIpc) is 2.40. The molecule has 6 nitrogen and oxygen atoms in total. The molecule has 0 spiro atoms. The van der Waals surface area contributed by atoms with Crippen molar-refractivity contribution >= 4 is 56.6 Å². The first-order valence-corrected chi connectivity index (χ1v) is 7.29. The minimum absolute atomic E-state index is 0.0870. The van der Waals surface area contributed by atoms with Gasteiger partial charge in [-0.05, 0) is 31.3 Å². The summed E-state index contributed by atoms with van der Waals surface area (Å²) in [4.78, 5) is 22.6. The maximum atomic E-state index is 11.4. The lowest BCUT2D eigenvalue weighted by Gasteiger charge is -2.13. The molecule has 3 N–H and O–H groups in total. The van der Waals surface area contributed by atoms with E-state index < -0.39 is 6.09 Å². The van der Waals surface area contributed by atoms with Crippen molar-refractivity contribution in [3.8, 4) is 0 Å². The molecule has 1 aromatic rings. The van der Waals surface area contributed by atoms with Gasteiger partial charge in [0, 0.05) is 0 Å². The normalized spacial score (nSPS) is 9.50. The zero-order chi connectivity index (χ0) is 15.0. The van der Waals surface area contributed by atoms with Crippen molar-refractivity contribution in [3.05, 3.63) is 24.3 Å². The van der Waals surface area contributed by atoms with Gasteiger partial charge in [-0.25, -0.2) is 4.79 Å². The first-order valence-electron chi connectivity index (χ1n) is 5.76. The van der Waals surface area contributed by atoms with Gasteiger partial charge in [0.25, 0.3) is 0 Å². The molecule has 0 aliphatic carbocycles. The summed E-state index contributed by atoms with van der Waals surface area (Å²) >= 11 is 8.05. The van der Waals surface area contributed by atoms with Crippen LogP contribution in [0.3, 0.4) is 0 Å². The Morgan fingerprint density at radius 2 is 1.85 bits per heavy atom. The number of nitrogens with one attached hydrogen (secondary N) is 3. The van der Waals surface area contributed by atoms with Crippen LogP contribution in [-0.4, -0.2) is 29.0 Å². The number of thiocarbonyl (C=S) groups is 1. The molecule has 0 saturated carbocycles. The predicted octanol–water partition coefficient (Wildman–Crippen LogP) is 2.46. The summed E-state index contributed by atoms with van der Waals surface area (Å²) in [6.07, 6.45) is -0.632. The highest BCUT2D eigenvalue weighted by Crippen LogP contribution is 2.20. The van der Waals surface area contributed by atoms with Gasteiger partial charge in [0.05, 0.1) is 23.3 Å². The van der Waals surface area contributed by atoms with Crippen LogP contribution in [0.5, 0.6) is 0 Å². The largest absolute Gasteiger partial charge is 0.450 e. The number of ether oxygens (including phenoxy) is 1. The summed E-state index contributed by atoms with van der Waals surface area (Å²) in [7, 11) is 0. The summed E-state index contributed by atoms with van der Waals surface area (Å²) in [5.74, 6) is -0.191. The molecule has 2 amide bonds. The quantitative estimate of drug-likeness (QED) is 0.568. The van der Waals surface area contributed by atoms with Gasteiger partial charge in [0.1, 0.15) is 0 Å². The monoisotopic (exact) mass is 359 g/mol. The van der Waals surface area contributed by atoms with Crippen molar-refractivity contribution in [1.29, 1.82) is 0 Å². The van der Waals surface area contributed by atoms with Gasteiger partial charge in [-0.3, -0.25) is 10.1 Å². The second-order valence-electron chi connectivity index (χ2n) is 3.53. The van der Waals surface area contributed by atoms with E-state index in [-0.39, 0.29) is 23.0 Å². The number of hydrogen-bond acceptors (Lipinski definition) is 4. The topological polar surface area (TPSA) is 79.5 Å². The molecule has 0 heterocycles. The molecule has 0 aromatic heterocycles. The number of amides is 2. The Morgan fingerprint density at radius 3 is 2.40 bits per heavy atom. The van der Waals surface area contributed by atoms with Gasteiger partial charge in [-0.1, -0.05) is 28.1 Å². The molecule has 1 aromatic carbocycles. The van der Waals surface area contributed by atoms with Crippen LogP contribution in [0.15, 0.2) is 24.3 Å². The number of carbonyl (C=O) groups is 2. The van der Waals surface area contributed by atoms with Gasteiger partial charge < -0.3 is 15.4 Å². The lowest BCUT2D eigenvalue weighted by atomic mass is 10.2. The Morgan fingerprint density at radius 1 is 1.25 bits per heavy atom. The second-order valence-corrected chi connectivity index (χ2v) is 4.50. The molecule has 0 saturated heterocycles. The molecule has 1 rings (SSSR count). The molecule has 0 unspecified atom stereocenters. The minimum atomic E-state index is -0.632. The molecule has 20 heavy (non-hydrogen) atoms. The number of rotatable bonds is 4. The lowest BCUT2D eigenvalue weighted by molar-refractivity contribution is -0.113. The molecule has 0 aliphatic rings. The van der Waals surface area contributed by atoms with E-state index in [1.165, 1.54) is 0 Å². The van der Waals surface area contributed by atoms with E-state index >= 15 is 0 Å². The van der Waals surface area contributed by atoms with E-state index in [0.29, 0.717) is 11.4 Å². The number of halogens is 1. The van der Waals surface area contributed by atoms with E-state index in [1.807, 2.05) is 0 Å². The van der Waals surface area contributed by atoms with Crippen molar-refractivity contribution < 1.29 is 14.3 Å². The number of anilines is 2. The van der Waals surface area contributed by atoms with Gasteiger partial charge >= 0.3 is 6.09 Å². The van der Waals surface area contributed by atoms with Crippen LogP contribution in [0.1, 0.15) is 6.92 Å². The molecule has 8 heteroatoms. The standard InChI is InChI=1S/C12H14BrN3O3S/c1-2-19-12(18)16-11(20)15-9-6-4-3-5-8(9)14-10(17)7-13/h3-6H,2,7H2,1H3,(H,14,17)(H2,15,16,18,20). The zero-order valence-corrected chi connectivity index (χ0v) is 13.1. The number of alkyl carbamates (subject to hydrolysis) is 1. The smallest absolute Gasteiger partial charge is 0.413 e. The highest BCUT2D eigenvalue weighted by Gasteiger charge is 2.09. The summed E-state index contributed by atoms with van der Waals surface area (Å²) in [5.41, 5.74) is 1.13. The molecule has 108 valence electrons. The van der Waals surface area contributed by atoms with Crippen LogP contribution in [0, 0.1) is 0 Å². The fraction of sp³-hybridized carbons (Fsp3) is 0.250. The maximum Gasteiger partial charge on any atom is 0.413 e. The predicted molar refractivity (Wildman–Crippen MR) is 85.2 cm³/mol. The van der Waals surface area contributed by atoms with Crippen molar-refractivity contribution in [2.24, 2.45) is 0 Å². The number of hydrogen-bond donors (Lipinski definition) is 3. The van der Waals surface area contributed by atoms with E-state index in [0.717, 1.165) is 0 Å². The first-order chi connectivity index (χ1) is 9.56. The molecule has 0 fully saturated rings. The highest BCUT2D eigenvalue weighted by atomic mass is 79.9. The third-order valence-corrected chi connectivity index (χ3v) is 2.78. The van der Waals surface area contributed by atoms with Crippen molar-refractivity contribution in [1.82, 2.24) is 5.32 Å². The van der Waals surface area contributed by atoms with E-state index in [1.54, 1.807) is 31.2 Å². The van der Waals surface area contributed by atoms with E-state index in [4.69, 9.17) is 17.0 Å². The first kappa shape index (κ1) is 16.4. The third kappa shape index (κ3) is 5.54. The lowest BCUT2D eigenvalue weighted by Crippen LogP contribution is -2.34. The number of para-hydroxylation sites is 2. The molecule has 0 atom stereocenters. The van der Waals surface area contributed by atoms with Crippen molar-refractivity contribution in [3.63, 3.8) is 0 Å². The molecule has 0 aliphatic heterocycles. The van der Waals surface area contributed by atoms with Crippen LogP contribution in [0.25, 0.3) is 0 Å². The Bertz CT molecular complexity index is 510. The Hall–Kier alpha value is -1.67. The fourth-order valence-electron chi connectivity index (χ4n) is 1.30. The van der Waals surface area contributed by atoms with Crippen LogP contribution in [-0.2, 0) is 9.53 Å². The zero-order valence-electron chi connectivity index (χ0n) is 10.7. The van der Waals surface area contributed by atoms with Crippen molar-refractivity contribution in [2.75, 3.05) is 22.6 Å². The molecular formula is C12H14BrN3O3S. The number of alkyl halides is 1. The Kier molecular flexibility index (Phi) is 6.96. The Balaban J connectivity index is 2.69. The summed E-state index contributed by atoms with van der Waals surface area (Å²) in [6, 6.07) is 6.99.